The van der Waals surface area contributed by atoms with Crippen molar-refractivity contribution in [2.24, 2.45) is 0 Å². The van der Waals surface area contributed by atoms with E-state index in [0.717, 1.165) is 51.2 Å². The van der Waals surface area contributed by atoms with Crippen molar-refractivity contribution in [1.29, 1.82) is 0 Å². The van der Waals surface area contributed by atoms with Crippen molar-refractivity contribution in [2.75, 3.05) is 14.7 Å². The van der Waals surface area contributed by atoms with Gasteiger partial charge in [-0.1, -0.05) is 340 Å². The Morgan fingerprint density at radius 3 is 0.726 bits per heavy atom. The first-order valence-corrected chi connectivity index (χ1v) is 40.1. The fraction of sp³-hybridized carbons (Fsp3) is 0. The van der Waals surface area contributed by atoms with Gasteiger partial charge in [0.15, 0.2) is 0 Å². The molecule has 21 aromatic carbocycles. The number of para-hydroxylation sites is 6. The van der Waals surface area contributed by atoms with Crippen molar-refractivity contribution in [2.45, 2.75) is 0 Å². The highest BCUT2D eigenvalue weighted by Gasteiger charge is 2.20. The average Bonchev–Trinajstić information content (AvgIpc) is 0.771. The quantitative estimate of drug-likeness (QED) is 0.101. The molecule has 0 saturated heterocycles. The van der Waals surface area contributed by atoms with E-state index in [2.05, 4.69) is 506 Å². The van der Waals surface area contributed by atoms with Crippen molar-refractivity contribution in [1.82, 2.24) is 0 Å². The van der Waals surface area contributed by atoms with E-state index in [4.69, 9.17) is 0 Å². The average molecular weight is 1490 g/mol. The summed E-state index contributed by atoms with van der Waals surface area (Å²) in [6.07, 6.45) is 0. The Morgan fingerprint density at radius 2 is 0.333 bits per heavy atom. The zero-order chi connectivity index (χ0) is 78.1. The minimum atomic E-state index is 1.13. The molecule has 0 atom stereocenters. The Morgan fingerprint density at radius 1 is 0.103 bits per heavy atom. The summed E-state index contributed by atoms with van der Waals surface area (Å²) in [6.45, 7) is 0. The summed E-state index contributed by atoms with van der Waals surface area (Å²) in [6, 6.07) is 176. The minimum absolute atomic E-state index is 1.13. The Labute approximate surface area is 684 Å². The van der Waals surface area contributed by atoms with Crippen LogP contribution in [0.1, 0.15) is 0 Å². The third-order valence-corrected chi connectivity index (χ3v) is 22.3. The summed E-state index contributed by atoms with van der Waals surface area (Å²) in [4.78, 5) is 6.89. The van der Waals surface area contributed by atoms with Crippen LogP contribution in [0.3, 0.4) is 0 Å². The van der Waals surface area contributed by atoms with E-state index in [-0.39, 0.29) is 0 Å². The Kier molecular flexibility index (Phi) is 20.3. The molecule has 0 N–H and O–H groups in total. The number of nitrogens with zero attached hydrogens (tertiary/aromatic N) is 3. The SMILES string of the molecule is c1ccc(N(c2ccccc2)c2ccc(-c3cc4ccccc4cc3-c3ccc4ccccc4c3)cc2)cc1.c1ccc(N(c2ccccc2)c2ccc(-c3cc4ccccc4cc3-c3cccc4ccccc34)cc2)cc1.c1ccc(N(c2ccccc2)c2ccc(-c3ccc4ccc(-c5cccc6ccccc56)cc4c3)cc2)cc1. The number of hydrogen-bond acceptors (Lipinski definition) is 3. The molecule has 0 spiro atoms. The highest BCUT2D eigenvalue weighted by atomic mass is 15.2. The molecule has 0 aliphatic heterocycles. The van der Waals surface area contributed by atoms with Crippen LogP contribution in [-0.4, -0.2) is 0 Å². The number of rotatable bonds is 15. The van der Waals surface area contributed by atoms with Gasteiger partial charge in [0.1, 0.15) is 0 Å². The maximum absolute atomic E-state index is 2.35. The molecule has 3 nitrogen and oxygen atoms in total. The van der Waals surface area contributed by atoms with Gasteiger partial charge in [0.25, 0.3) is 0 Å². The summed E-state index contributed by atoms with van der Waals surface area (Å²) in [5, 5.41) is 15.1. The molecule has 552 valence electrons. The summed E-state index contributed by atoms with van der Waals surface area (Å²) in [7, 11) is 0. The van der Waals surface area contributed by atoms with Gasteiger partial charge in [-0.25, -0.2) is 0 Å². The van der Waals surface area contributed by atoms with E-state index in [1.807, 2.05) is 0 Å². The largest absolute Gasteiger partial charge is 0.311 e. The third-order valence-electron chi connectivity index (χ3n) is 22.3. The van der Waals surface area contributed by atoms with Gasteiger partial charge in [-0.3, -0.25) is 0 Å². The van der Waals surface area contributed by atoms with E-state index >= 15 is 0 Å². The molecule has 21 rings (SSSR count). The minimum Gasteiger partial charge on any atom is -0.311 e. The van der Waals surface area contributed by atoms with E-state index in [1.54, 1.807) is 0 Å². The highest BCUT2D eigenvalue weighted by molar-refractivity contribution is 6.06. The van der Waals surface area contributed by atoms with Crippen molar-refractivity contribution in [3.63, 3.8) is 0 Å². The van der Waals surface area contributed by atoms with Gasteiger partial charge in [0.05, 0.1) is 0 Å². The molecule has 0 aliphatic rings. The van der Waals surface area contributed by atoms with Crippen LogP contribution < -0.4 is 14.7 Å². The molecule has 0 aliphatic carbocycles. The van der Waals surface area contributed by atoms with Gasteiger partial charge in [0.2, 0.25) is 0 Å². The van der Waals surface area contributed by atoms with Crippen LogP contribution in [0.25, 0.3) is 131 Å². The van der Waals surface area contributed by atoms with Crippen LogP contribution in [0.2, 0.25) is 0 Å². The van der Waals surface area contributed by atoms with Crippen LogP contribution in [0.5, 0.6) is 0 Å². The first kappa shape index (κ1) is 71.9. The zero-order valence-corrected chi connectivity index (χ0v) is 64.6. The first-order valence-electron chi connectivity index (χ1n) is 40.1. The predicted octanol–water partition coefficient (Wildman–Crippen LogP) is 32.4. The molecular weight excluding hydrogens is 1410 g/mol. The molecule has 0 aromatic heterocycles. The fourth-order valence-corrected chi connectivity index (χ4v) is 16.5. The highest BCUT2D eigenvalue weighted by Crippen LogP contribution is 2.45. The van der Waals surface area contributed by atoms with E-state index in [1.165, 1.54) is 131 Å². The smallest absolute Gasteiger partial charge is 0.0462 e. The second kappa shape index (κ2) is 33.1. The summed E-state index contributed by atoms with van der Waals surface area (Å²) in [5.74, 6) is 0. The topological polar surface area (TPSA) is 9.72 Å². The van der Waals surface area contributed by atoms with E-state index in [0.29, 0.717) is 0 Å². The summed E-state index contributed by atoms with van der Waals surface area (Å²) >= 11 is 0. The number of anilines is 9. The third kappa shape index (κ3) is 15.3. The molecule has 0 radical (unpaired) electrons. The fourth-order valence-electron chi connectivity index (χ4n) is 16.5. The lowest BCUT2D eigenvalue weighted by Gasteiger charge is -2.25. The lowest BCUT2D eigenvalue weighted by molar-refractivity contribution is 1.28. The van der Waals surface area contributed by atoms with Crippen molar-refractivity contribution in [3.05, 3.63) is 491 Å². The molecule has 21 aromatic rings. The summed E-state index contributed by atoms with van der Waals surface area (Å²) < 4.78 is 0. The normalized spacial score (nSPS) is 11.1. The van der Waals surface area contributed by atoms with Gasteiger partial charge in [0, 0.05) is 51.2 Å². The molecule has 0 fully saturated rings. The van der Waals surface area contributed by atoms with Crippen molar-refractivity contribution >= 4 is 116 Å². The zero-order valence-electron chi connectivity index (χ0n) is 64.6. The van der Waals surface area contributed by atoms with Gasteiger partial charge in [-0.15, -0.1) is 0 Å². The molecule has 0 unspecified atom stereocenters. The Hall–Kier alpha value is -15.4. The molecular formula is C114H81N3. The van der Waals surface area contributed by atoms with Crippen LogP contribution in [0.4, 0.5) is 51.2 Å². The lowest BCUT2D eigenvalue weighted by Crippen LogP contribution is -2.09. The number of benzene rings is 21. The van der Waals surface area contributed by atoms with Gasteiger partial charge in [-0.2, -0.15) is 0 Å². The molecule has 0 saturated carbocycles. The van der Waals surface area contributed by atoms with E-state index < -0.39 is 0 Å². The maximum atomic E-state index is 2.35. The molecule has 3 heteroatoms. The molecule has 0 bridgehead atoms. The van der Waals surface area contributed by atoms with Crippen LogP contribution in [0.15, 0.2) is 491 Å². The van der Waals surface area contributed by atoms with Crippen LogP contribution in [0, 0.1) is 0 Å². The monoisotopic (exact) mass is 1490 g/mol. The Balaban J connectivity index is 0.000000117. The molecule has 0 heterocycles. The number of hydrogen-bond donors (Lipinski definition) is 0. The second-order valence-electron chi connectivity index (χ2n) is 29.5. The van der Waals surface area contributed by atoms with Crippen LogP contribution >= 0.6 is 0 Å². The van der Waals surface area contributed by atoms with Gasteiger partial charge < -0.3 is 14.7 Å². The van der Waals surface area contributed by atoms with E-state index in [9.17, 15) is 0 Å². The lowest BCUT2D eigenvalue weighted by atomic mass is 9.89. The summed E-state index contributed by atoms with van der Waals surface area (Å²) in [5.41, 5.74) is 25.0. The Bertz CT molecular complexity index is 6880. The predicted molar refractivity (Wildman–Crippen MR) is 501 cm³/mol. The molecule has 0 amide bonds. The molecule has 117 heavy (non-hydrogen) atoms. The first-order chi connectivity index (χ1) is 58.0. The van der Waals surface area contributed by atoms with Crippen molar-refractivity contribution < 1.29 is 0 Å². The van der Waals surface area contributed by atoms with Crippen molar-refractivity contribution in [3.8, 4) is 66.8 Å². The number of fused-ring (bicyclic) bond motifs is 6. The van der Waals surface area contributed by atoms with Gasteiger partial charge in [-0.05, 0) is 283 Å². The second-order valence-corrected chi connectivity index (χ2v) is 29.5. The van der Waals surface area contributed by atoms with Crippen LogP contribution in [-0.2, 0) is 0 Å². The standard InChI is InChI=1S/3C38H27N/c1-3-16-32(17-4-1)39(33-18-5-2-6-19-33)34-24-22-29(23-25-34)37-26-30-13-7-8-14-31(30)27-38(37)36-21-11-15-28-12-9-10-20-35(28)36;1-3-15-34(16-4-1)39(35-17-5-2-6-18-35)36-23-21-29(22-24-36)37-26-31-13-9-10-14-32(31)27-38(37)33-20-19-28-11-7-8-12-30(28)25-33;1-3-12-34(13-4-1)39(35-14-5-2-6-15-35)36-24-22-28(23-25-36)31-20-18-29-19-21-32(27-33(29)26-31)38-17-9-11-30-10-7-8-16-37(30)38/h3*1-27H. The van der Waals surface area contributed by atoms with Gasteiger partial charge >= 0.3 is 0 Å². The maximum Gasteiger partial charge on any atom is 0.0462 e.